The Labute approximate surface area is 103 Å². The number of allylic oxidation sites excluding steroid dienone is 2. The van der Waals surface area contributed by atoms with Crippen LogP contribution in [0, 0.1) is 0 Å². The van der Waals surface area contributed by atoms with Gasteiger partial charge < -0.3 is 10.0 Å². The van der Waals surface area contributed by atoms with Crippen molar-refractivity contribution >= 4 is 29.9 Å². The van der Waals surface area contributed by atoms with Gasteiger partial charge in [-0.1, -0.05) is 6.07 Å². The molecule has 1 aliphatic heterocycles. The Bertz CT molecular complexity index is 437. The van der Waals surface area contributed by atoms with Crippen molar-refractivity contribution < 1.29 is 9.90 Å². The molecule has 0 saturated heterocycles. The van der Waals surface area contributed by atoms with Crippen molar-refractivity contribution in [1.29, 1.82) is 0 Å². The normalized spacial score (nSPS) is 19.7. The summed E-state index contributed by atoms with van der Waals surface area (Å²) in [5, 5.41) is 10.6. The van der Waals surface area contributed by atoms with Crippen molar-refractivity contribution in [3.63, 3.8) is 0 Å². The van der Waals surface area contributed by atoms with Crippen LogP contribution in [0.5, 0.6) is 0 Å². The number of hydrogen-bond acceptors (Lipinski definition) is 4. The number of carboxylic acids is 1. The van der Waals surface area contributed by atoms with Gasteiger partial charge in [-0.3, -0.25) is 0 Å². The number of thiophene rings is 1. The Balaban J connectivity index is 2.11. The predicted molar refractivity (Wildman–Crippen MR) is 67.5 cm³/mol. The lowest BCUT2D eigenvalue weighted by atomic mass is 10.2. The molecule has 84 valence electrons. The van der Waals surface area contributed by atoms with E-state index in [1.165, 1.54) is 4.88 Å². The van der Waals surface area contributed by atoms with Gasteiger partial charge in [0.05, 0.1) is 12.1 Å². The van der Waals surface area contributed by atoms with Crippen LogP contribution < -0.4 is 0 Å². The number of nitrogens with zero attached hydrogens (tertiary/aromatic N) is 1. The molecule has 0 bridgehead atoms. The van der Waals surface area contributed by atoms with E-state index in [9.17, 15) is 4.79 Å². The third-order valence-electron chi connectivity index (χ3n) is 2.31. The second kappa shape index (κ2) is 4.76. The van der Waals surface area contributed by atoms with E-state index in [1.54, 1.807) is 23.5 Å². The lowest BCUT2D eigenvalue weighted by Crippen LogP contribution is -2.31. The Morgan fingerprint density at radius 1 is 1.62 bits per heavy atom. The summed E-state index contributed by atoms with van der Waals surface area (Å²) in [6.07, 6.45) is 5.19. The maximum absolute atomic E-state index is 10.9. The van der Waals surface area contributed by atoms with Crippen molar-refractivity contribution in [1.82, 2.24) is 4.90 Å². The quantitative estimate of drug-likeness (QED) is 0.812. The first-order chi connectivity index (χ1) is 7.68. The van der Waals surface area contributed by atoms with Gasteiger partial charge in [0.25, 0.3) is 0 Å². The minimum atomic E-state index is -0.916. The first kappa shape index (κ1) is 11.3. The first-order valence-corrected chi connectivity index (χ1v) is 6.16. The van der Waals surface area contributed by atoms with E-state index in [0.717, 1.165) is 0 Å². The van der Waals surface area contributed by atoms with Crippen LogP contribution >= 0.6 is 24.0 Å². The Hall–Kier alpha value is -1.20. The highest BCUT2D eigenvalue weighted by Gasteiger charge is 2.23. The monoisotopic (exact) mass is 253 g/mol. The zero-order chi connectivity index (χ0) is 11.5. The summed E-state index contributed by atoms with van der Waals surface area (Å²) in [7, 11) is 0. The minimum Gasteiger partial charge on any atom is -0.478 e. The predicted octanol–water partition coefficient (Wildman–Crippen LogP) is 2.34. The average molecular weight is 253 g/mol. The summed E-state index contributed by atoms with van der Waals surface area (Å²) in [6.45, 7) is 0.687. The molecule has 3 nitrogen and oxygen atoms in total. The fraction of sp³-hybridized carbons (Fsp3) is 0.182. The molecule has 0 spiro atoms. The van der Waals surface area contributed by atoms with Crippen molar-refractivity contribution in [2.24, 2.45) is 0 Å². The van der Waals surface area contributed by atoms with E-state index in [4.69, 9.17) is 5.11 Å². The van der Waals surface area contributed by atoms with Crippen LogP contribution in [0.4, 0.5) is 0 Å². The van der Waals surface area contributed by atoms with Crippen LogP contribution in [0.2, 0.25) is 0 Å². The average Bonchev–Trinajstić information content (AvgIpc) is 2.73. The lowest BCUT2D eigenvalue weighted by molar-refractivity contribution is -0.133. The summed E-state index contributed by atoms with van der Waals surface area (Å²) in [4.78, 5) is 14.0. The maximum atomic E-state index is 10.9. The number of aliphatic carboxylic acids is 1. The maximum Gasteiger partial charge on any atom is 0.334 e. The fourth-order valence-electron chi connectivity index (χ4n) is 1.51. The summed E-state index contributed by atoms with van der Waals surface area (Å²) >= 11 is 5.98. The SMILES string of the molecule is O=C(O)C1=CC=CN(Cc2cccs2)C1S. The third-order valence-corrected chi connectivity index (χ3v) is 3.75. The second-order valence-corrected chi connectivity index (χ2v) is 4.92. The van der Waals surface area contributed by atoms with Crippen LogP contribution in [0.25, 0.3) is 0 Å². The second-order valence-electron chi connectivity index (χ2n) is 3.39. The molecule has 16 heavy (non-hydrogen) atoms. The van der Waals surface area contributed by atoms with Crippen LogP contribution in [0.1, 0.15) is 4.88 Å². The number of hydrogen-bond donors (Lipinski definition) is 2. The van der Waals surface area contributed by atoms with Gasteiger partial charge in [0, 0.05) is 11.1 Å². The first-order valence-electron chi connectivity index (χ1n) is 4.76. The Kier molecular flexibility index (Phi) is 3.36. The van der Waals surface area contributed by atoms with Gasteiger partial charge in [0.2, 0.25) is 0 Å². The molecule has 1 N–H and O–H groups in total. The molecule has 0 amide bonds. The molecule has 0 saturated carbocycles. The molecular weight excluding hydrogens is 242 g/mol. The molecule has 2 rings (SSSR count). The molecular formula is C11H11NO2S2. The molecule has 0 radical (unpaired) electrons. The Morgan fingerprint density at radius 2 is 2.44 bits per heavy atom. The van der Waals surface area contributed by atoms with Gasteiger partial charge in [-0.05, 0) is 23.6 Å². The highest BCUT2D eigenvalue weighted by molar-refractivity contribution is 7.81. The zero-order valence-electron chi connectivity index (χ0n) is 8.41. The van der Waals surface area contributed by atoms with Crippen LogP contribution in [-0.4, -0.2) is 21.3 Å². The van der Waals surface area contributed by atoms with E-state index in [-0.39, 0.29) is 5.37 Å². The minimum absolute atomic E-state index is 0.308. The van der Waals surface area contributed by atoms with Crippen LogP contribution in [0.3, 0.4) is 0 Å². The lowest BCUT2D eigenvalue weighted by Gasteiger charge is -2.29. The fourth-order valence-corrected chi connectivity index (χ4v) is 2.57. The standard InChI is InChI=1S/C11H11NO2S2/c13-11(14)9-4-1-5-12(10(9)15)7-8-3-2-6-16-8/h1-6,10,15H,7H2,(H,13,14). The van der Waals surface area contributed by atoms with Crippen LogP contribution in [0.15, 0.2) is 41.4 Å². The van der Waals surface area contributed by atoms with Crippen molar-refractivity contribution in [2.75, 3.05) is 0 Å². The molecule has 2 heterocycles. The molecule has 1 aromatic rings. The molecule has 1 unspecified atom stereocenters. The van der Waals surface area contributed by atoms with Gasteiger partial charge in [-0.15, -0.1) is 24.0 Å². The highest BCUT2D eigenvalue weighted by Crippen LogP contribution is 2.23. The van der Waals surface area contributed by atoms with E-state index in [0.29, 0.717) is 12.1 Å². The molecule has 1 atom stereocenters. The zero-order valence-corrected chi connectivity index (χ0v) is 10.1. The van der Waals surface area contributed by atoms with Crippen molar-refractivity contribution in [3.05, 3.63) is 46.3 Å². The van der Waals surface area contributed by atoms with Crippen molar-refractivity contribution in [2.45, 2.75) is 11.9 Å². The van der Waals surface area contributed by atoms with Gasteiger partial charge in [0.15, 0.2) is 0 Å². The molecule has 5 heteroatoms. The summed E-state index contributed by atoms with van der Waals surface area (Å²) < 4.78 is 0. The van der Waals surface area contributed by atoms with E-state index in [2.05, 4.69) is 12.6 Å². The summed E-state index contributed by atoms with van der Waals surface area (Å²) in [6, 6.07) is 4.01. The molecule has 0 aromatic carbocycles. The van der Waals surface area contributed by atoms with Gasteiger partial charge >= 0.3 is 5.97 Å². The molecule has 1 aromatic heterocycles. The van der Waals surface area contributed by atoms with Gasteiger partial charge in [-0.25, -0.2) is 4.79 Å². The number of rotatable bonds is 3. The number of carbonyl (C=O) groups is 1. The Morgan fingerprint density at radius 3 is 3.06 bits per heavy atom. The highest BCUT2D eigenvalue weighted by atomic mass is 32.1. The topological polar surface area (TPSA) is 40.5 Å². The summed E-state index contributed by atoms with van der Waals surface area (Å²) in [5.74, 6) is -0.916. The number of thiol groups is 1. The molecule has 0 aliphatic carbocycles. The molecule has 0 fully saturated rings. The van der Waals surface area contributed by atoms with Gasteiger partial charge in [-0.2, -0.15) is 0 Å². The third kappa shape index (κ3) is 2.31. The smallest absolute Gasteiger partial charge is 0.334 e. The van der Waals surface area contributed by atoms with Gasteiger partial charge in [0.1, 0.15) is 5.37 Å². The van der Waals surface area contributed by atoms with E-state index < -0.39 is 5.97 Å². The van der Waals surface area contributed by atoms with Crippen molar-refractivity contribution in [3.8, 4) is 0 Å². The largest absolute Gasteiger partial charge is 0.478 e. The summed E-state index contributed by atoms with van der Waals surface area (Å²) in [5.41, 5.74) is 0.308. The van der Waals surface area contributed by atoms with Crippen LogP contribution in [-0.2, 0) is 11.3 Å². The molecule has 1 aliphatic rings. The van der Waals surface area contributed by atoms with E-state index in [1.807, 2.05) is 28.6 Å². The van der Waals surface area contributed by atoms with E-state index >= 15 is 0 Å². The number of carboxylic acid groups (broad SMARTS) is 1.